The van der Waals surface area contributed by atoms with E-state index in [1.165, 1.54) is 98.4 Å². The third kappa shape index (κ3) is 6.42. The SMILES string of the molecule is c1ccc(-c2ccc3cc(N(c4ccc(-c5cc6ccccc6c6ccccc56)cc4)c4ccc5c(c4)c(-c4ccccc4)c(-c4ccccc4)c4ccccc45)ccc3c2)cc1. The summed E-state index contributed by atoms with van der Waals surface area (Å²) in [7, 11) is 0. The molecule has 0 fully saturated rings. The van der Waals surface area contributed by atoms with Crippen LogP contribution in [-0.2, 0) is 0 Å². The fraction of sp³-hybridized carbons (Fsp3) is 0. The zero-order chi connectivity index (χ0) is 41.7. The maximum Gasteiger partial charge on any atom is 0.0468 e. The zero-order valence-corrected chi connectivity index (χ0v) is 34.6. The largest absolute Gasteiger partial charge is 0.310 e. The molecule has 0 saturated heterocycles. The average Bonchev–Trinajstić information content (AvgIpc) is 3.36. The van der Waals surface area contributed by atoms with Crippen LogP contribution in [0.25, 0.3) is 98.4 Å². The van der Waals surface area contributed by atoms with Gasteiger partial charge in [-0.05, 0) is 147 Å². The van der Waals surface area contributed by atoms with E-state index >= 15 is 0 Å². The fourth-order valence-electron chi connectivity index (χ4n) is 9.84. The smallest absolute Gasteiger partial charge is 0.0468 e. The molecule has 0 aliphatic carbocycles. The molecule has 0 aliphatic rings. The third-order valence-corrected chi connectivity index (χ3v) is 12.8. The lowest BCUT2D eigenvalue weighted by molar-refractivity contribution is 1.29. The molecule has 12 aromatic rings. The Kier molecular flexibility index (Phi) is 8.90. The molecule has 0 unspecified atom stereocenters. The van der Waals surface area contributed by atoms with E-state index in [9.17, 15) is 0 Å². The predicted octanol–water partition coefficient (Wildman–Crippen LogP) is 17.6. The monoisotopic (exact) mass is 799 g/mol. The molecule has 0 atom stereocenters. The maximum atomic E-state index is 2.43. The Morgan fingerprint density at radius 2 is 0.667 bits per heavy atom. The second kappa shape index (κ2) is 15.3. The standard InChI is InChI=1S/C62H41N/c1-4-16-42(17-5-1)46-28-29-48-39-51(35-32-47(48)38-46)63(50-33-30-43(31-34-50)59-40-49-22-10-11-23-53(49)54-24-12-13-26-56(54)59)52-36-37-57-55-25-14-15-27-58(55)61(44-18-6-2-7-19-44)62(60(57)41-52)45-20-8-3-9-21-45/h1-41H. The van der Waals surface area contributed by atoms with Gasteiger partial charge in [-0.2, -0.15) is 0 Å². The van der Waals surface area contributed by atoms with Gasteiger partial charge in [0.05, 0.1) is 0 Å². The van der Waals surface area contributed by atoms with Crippen LogP contribution in [0.15, 0.2) is 249 Å². The molecule has 0 aromatic heterocycles. The minimum absolute atomic E-state index is 1.09. The minimum Gasteiger partial charge on any atom is -0.310 e. The summed E-state index contributed by atoms with van der Waals surface area (Å²) in [4.78, 5) is 2.43. The lowest BCUT2D eigenvalue weighted by Crippen LogP contribution is -2.10. The van der Waals surface area contributed by atoms with E-state index in [1.54, 1.807) is 0 Å². The van der Waals surface area contributed by atoms with Gasteiger partial charge in [0.2, 0.25) is 0 Å². The van der Waals surface area contributed by atoms with Crippen molar-refractivity contribution in [1.29, 1.82) is 0 Å². The molecule has 0 aliphatic heterocycles. The van der Waals surface area contributed by atoms with E-state index in [0.717, 1.165) is 17.1 Å². The van der Waals surface area contributed by atoms with Crippen molar-refractivity contribution in [2.75, 3.05) is 4.90 Å². The lowest BCUT2D eigenvalue weighted by Gasteiger charge is -2.27. The van der Waals surface area contributed by atoms with Gasteiger partial charge in [0, 0.05) is 17.1 Å². The number of hydrogen-bond acceptors (Lipinski definition) is 1. The van der Waals surface area contributed by atoms with Crippen LogP contribution in [0.3, 0.4) is 0 Å². The van der Waals surface area contributed by atoms with Gasteiger partial charge in [-0.1, -0.05) is 200 Å². The molecule has 0 heterocycles. The van der Waals surface area contributed by atoms with E-state index < -0.39 is 0 Å². The van der Waals surface area contributed by atoms with Gasteiger partial charge in [-0.25, -0.2) is 0 Å². The highest BCUT2D eigenvalue weighted by molar-refractivity contribution is 6.22. The quantitative estimate of drug-likeness (QED) is 0.145. The normalized spacial score (nSPS) is 11.5. The van der Waals surface area contributed by atoms with E-state index in [0.29, 0.717) is 0 Å². The lowest BCUT2D eigenvalue weighted by atomic mass is 9.85. The molecular formula is C62H41N. The fourth-order valence-corrected chi connectivity index (χ4v) is 9.84. The number of fused-ring (bicyclic) bond motifs is 7. The van der Waals surface area contributed by atoms with Gasteiger partial charge in [-0.3, -0.25) is 0 Å². The molecule has 294 valence electrons. The van der Waals surface area contributed by atoms with E-state index in [4.69, 9.17) is 0 Å². The highest BCUT2D eigenvalue weighted by Gasteiger charge is 2.21. The molecule has 0 amide bonds. The first-order valence-electron chi connectivity index (χ1n) is 21.7. The predicted molar refractivity (Wildman–Crippen MR) is 270 cm³/mol. The number of nitrogens with zero attached hydrogens (tertiary/aromatic N) is 1. The molecule has 0 N–H and O–H groups in total. The average molecular weight is 800 g/mol. The molecule has 0 bridgehead atoms. The van der Waals surface area contributed by atoms with E-state index in [1.807, 2.05) is 0 Å². The van der Waals surface area contributed by atoms with Gasteiger partial charge in [0.15, 0.2) is 0 Å². The van der Waals surface area contributed by atoms with Gasteiger partial charge in [-0.15, -0.1) is 0 Å². The summed E-state index contributed by atoms with van der Waals surface area (Å²) in [5, 5.41) is 12.4. The maximum absolute atomic E-state index is 2.43. The first-order valence-corrected chi connectivity index (χ1v) is 21.7. The minimum atomic E-state index is 1.09. The zero-order valence-electron chi connectivity index (χ0n) is 34.6. The van der Waals surface area contributed by atoms with Crippen molar-refractivity contribution in [2.45, 2.75) is 0 Å². The van der Waals surface area contributed by atoms with Crippen molar-refractivity contribution >= 4 is 70.9 Å². The number of anilines is 3. The van der Waals surface area contributed by atoms with Gasteiger partial charge in [0.25, 0.3) is 0 Å². The van der Waals surface area contributed by atoms with Gasteiger partial charge < -0.3 is 4.90 Å². The molecule has 12 aromatic carbocycles. The highest BCUT2D eigenvalue weighted by Crippen LogP contribution is 2.47. The highest BCUT2D eigenvalue weighted by atomic mass is 15.1. The molecule has 63 heavy (non-hydrogen) atoms. The van der Waals surface area contributed by atoms with Crippen molar-refractivity contribution in [1.82, 2.24) is 0 Å². The molecule has 0 radical (unpaired) electrons. The molecule has 12 rings (SSSR count). The number of rotatable bonds is 7. The Labute approximate surface area is 367 Å². The Bertz CT molecular complexity index is 3650. The summed E-state index contributed by atoms with van der Waals surface area (Å²) in [6.45, 7) is 0. The molecule has 0 saturated carbocycles. The van der Waals surface area contributed by atoms with Crippen LogP contribution in [0, 0.1) is 0 Å². The van der Waals surface area contributed by atoms with Gasteiger partial charge in [0.1, 0.15) is 0 Å². The van der Waals surface area contributed by atoms with Crippen LogP contribution in [-0.4, -0.2) is 0 Å². The summed E-state index contributed by atoms with van der Waals surface area (Å²) >= 11 is 0. The number of hydrogen-bond donors (Lipinski definition) is 0. The topological polar surface area (TPSA) is 3.24 Å². The Hall–Kier alpha value is -8.26. The Morgan fingerprint density at radius 3 is 1.37 bits per heavy atom. The van der Waals surface area contributed by atoms with Crippen LogP contribution < -0.4 is 4.90 Å². The summed E-state index contributed by atoms with van der Waals surface area (Å²) in [5.74, 6) is 0. The Morgan fingerprint density at radius 1 is 0.206 bits per heavy atom. The van der Waals surface area contributed by atoms with Crippen molar-refractivity contribution < 1.29 is 0 Å². The molecule has 1 heteroatoms. The summed E-state index contributed by atoms with van der Waals surface area (Å²) < 4.78 is 0. The third-order valence-electron chi connectivity index (χ3n) is 12.8. The first kappa shape index (κ1) is 36.6. The summed E-state index contributed by atoms with van der Waals surface area (Å²) in [6.07, 6.45) is 0. The van der Waals surface area contributed by atoms with Crippen LogP contribution in [0.2, 0.25) is 0 Å². The van der Waals surface area contributed by atoms with Crippen LogP contribution in [0.5, 0.6) is 0 Å². The van der Waals surface area contributed by atoms with Crippen molar-refractivity contribution in [2.24, 2.45) is 0 Å². The molecule has 0 spiro atoms. The first-order chi connectivity index (χ1) is 31.2. The van der Waals surface area contributed by atoms with Crippen molar-refractivity contribution in [3.8, 4) is 44.5 Å². The molecular weight excluding hydrogens is 759 g/mol. The number of benzene rings is 12. The summed E-state index contributed by atoms with van der Waals surface area (Å²) in [5.41, 5.74) is 13.0. The van der Waals surface area contributed by atoms with Crippen LogP contribution in [0.1, 0.15) is 0 Å². The van der Waals surface area contributed by atoms with E-state index in [-0.39, 0.29) is 0 Å². The van der Waals surface area contributed by atoms with Crippen molar-refractivity contribution in [3.63, 3.8) is 0 Å². The summed E-state index contributed by atoms with van der Waals surface area (Å²) in [6, 6.07) is 91.1. The van der Waals surface area contributed by atoms with E-state index in [2.05, 4.69) is 254 Å². The molecule has 1 nitrogen and oxygen atoms in total. The van der Waals surface area contributed by atoms with Crippen LogP contribution >= 0.6 is 0 Å². The Balaban J connectivity index is 1.08. The second-order valence-corrected chi connectivity index (χ2v) is 16.4. The second-order valence-electron chi connectivity index (χ2n) is 16.4. The van der Waals surface area contributed by atoms with Gasteiger partial charge >= 0.3 is 0 Å². The van der Waals surface area contributed by atoms with Crippen molar-refractivity contribution in [3.05, 3.63) is 249 Å². The van der Waals surface area contributed by atoms with Crippen LogP contribution in [0.4, 0.5) is 17.1 Å².